The van der Waals surface area contributed by atoms with Crippen LogP contribution in [0.25, 0.3) is 0 Å². The molecule has 7 heteroatoms. The number of halogens is 1. The van der Waals surface area contributed by atoms with Crippen LogP contribution in [0.2, 0.25) is 5.02 Å². The summed E-state index contributed by atoms with van der Waals surface area (Å²) >= 11 is 5.85. The third-order valence-electron chi connectivity index (χ3n) is 4.77. The third kappa shape index (κ3) is 5.33. The molecule has 3 amide bonds. The second kappa shape index (κ2) is 9.37. The van der Waals surface area contributed by atoms with Crippen molar-refractivity contribution in [1.29, 1.82) is 0 Å². The Kier molecular flexibility index (Phi) is 6.66. The summed E-state index contributed by atoms with van der Waals surface area (Å²) in [5.74, 6) is -0.822. The van der Waals surface area contributed by atoms with Crippen LogP contribution in [0.1, 0.15) is 52.8 Å². The van der Waals surface area contributed by atoms with Crippen LogP contribution in [0, 0.1) is 5.92 Å². The number of amides is 3. The molecule has 1 saturated carbocycles. The Morgan fingerprint density at radius 3 is 2.11 bits per heavy atom. The highest BCUT2D eigenvalue weighted by Crippen LogP contribution is 2.25. The fourth-order valence-corrected chi connectivity index (χ4v) is 3.39. The Morgan fingerprint density at radius 2 is 1.46 bits per heavy atom. The zero-order valence-electron chi connectivity index (χ0n) is 15.3. The summed E-state index contributed by atoms with van der Waals surface area (Å²) in [7, 11) is 0. The summed E-state index contributed by atoms with van der Waals surface area (Å²) in [5.41, 5.74) is 6.06. The lowest BCUT2D eigenvalue weighted by Gasteiger charge is -2.20. The van der Waals surface area contributed by atoms with Gasteiger partial charge in [-0.05, 0) is 55.3 Å². The average Bonchev–Trinajstić information content (AvgIpc) is 2.73. The highest BCUT2D eigenvalue weighted by molar-refractivity contribution is 6.31. The van der Waals surface area contributed by atoms with Gasteiger partial charge in [0.1, 0.15) is 0 Å². The number of carbonyl (C=O) groups is 3. The van der Waals surface area contributed by atoms with Crippen LogP contribution in [0.4, 0.5) is 5.69 Å². The van der Waals surface area contributed by atoms with Gasteiger partial charge in [0.05, 0.1) is 0 Å². The molecule has 1 aliphatic rings. The highest BCUT2D eigenvalue weighted by Gasteiger charge is 2.21. The lowest BCUT2D eigenvalue weighted by atomic mass is 9.88. The molecule has 1 aliphatic carbocycles. The fraction of sp³-hybridized carbons (Fsp3) is 0.286. The number of benzene rings is 2. The van der Waals surface area contributed by atoms with Gasteiger partial charge in [0.2, 0.25) is 5.91 Å². The predicted octanol–water partition coefficient (Wildman–Crippen LogP) is 3.93. The highest BCUT2D eigenvalue weighted by atomic mass is 35.5. The van der Waals surface area contributed by atoms with Crippen molar-refractivity contribution >= 4 is 35.0 Å². The smallest absolute Gasteiger partial charge is 0.269 e. The van der Waals surface area contributed by atoms with Crippen LogP contribution in [0.15, 0.2) is 48.5 Å². The van der Waals surface area contributed by atoms with Gasteiger partial charge in [-0.2, -0.15) is 0 Å². The first-order chi connectivity index (χ1) is 13.5. The summed E-state index contributed by atoms with van der Waals surface area (Å²) in [6, 6.07) is 13.0. The van der Waals surface area contributed by atoms with E-state index in [0.717, 1.165) is 25.7 Å². The molecule has 2 aromatic carbocycles. The van der Waals surface area contributed by atoms with Crippen molar-refractivity contribution in [3.8, 4) is 0 Å². The number of rotatable bonds is 4. The largest absolute Gasteiger partial charge is 0.326 e. The van der Waals surface area contributed by atoms with Crippen molar-refractivity contribution in [3.05, 3.63) is 64.7 Å². The summed E-state index contributed by atoms with van der Waals surface area (Å²) in [5, 5.41) is 3.34. The molecule has 2 aromatic rings. The first kappa shape index (κ1) is 19.9. The molecule has 146 valence electrons. The summed E-state index contributed by atoms with van der Waals surface area (Å²) in [6.45, 7) is 0. The minimum absolute atomic E-state index is 0.0330. The van der Waals surface area contributed by atoms with Gasteiger partial charge in [-0.15, -0.1) is 0 Å². The summed E-state index contributed by atoms with van der Waals surface area (Å²) in [6.07, 6.45) is 5.24. The lowest BCUT2D eigenvalue weighted by Crippen LogP contribution is -2.41. The zero-order valence-corrected chi connectivity index (χ0v) is 16.1. The zero-order chi connectivity index (χ0) is 19.9. The molecule has 28 heavy (non-hydrogen) atoms. The molecule has 0 unspecified atom stereocenters. The first-order valence-corrected chi connectivity index (χ1v) is 9.68. The van der Waals surface area contributed by atoms with E-state index in [9.17, 15) is 14.4 Å². The number of hydrazine groups is 1. The molecule has 0 spiro atoms. The Bertz CT molecular complexity index is 861. The topological polar surface area (TPSA) is 87.3 Å². The second-order valence-electron chi connectivity index (χ2n) is 6.82. The molecular formula is C21H22ClN3O3. The monoisotopic (exact) mass is 399 g/mol. The Hall–Kier alpha value is -2.86. The lowest BCUT2D eigenvalue weighted by molar-refractivity contribution is -0.120. The first-order valence-electron chi connectivity index (χ1n) is 9.30. The molecule has 0 bridgehead atoms. The van der Waals surface area contributed by atoms with Gasteiger partial charge in [-0.3, -0.25) is 25.2 Å². The van der Waals surface area contributed by atoms with Crippen molar-refractivity contribution in [2.45, 2.75) is 32.1 Å². The van der Waals surface area contributed by atoms with Gasteiger partial charge in [0.25, 0.3) is 11.8 Å². The maximum atomic E-state index is 12.3. The second-order valence-corrected chi connectivity index (χ2v) is 7.26. The van der Waals surface area contributed by atoms with E-state index in [1.54, 1.807) is 42.5 Å². The number of hydrogen-bond donors (Lipinski definition) is 3. The summed E-state index contributed by atoms with van der Waals surface area (Å²) < 4.78 is 0. The van der Waals surface area contributed by atoms with E-state index in [4.69, 9.17) is 11.6 Å². The van der Waals surface area contributed by atoms with E-state index in [1.165, 1.54) is 12.5 Å². The Labute approximate surface area is 168 Å². The van der Waals surface area contributed by atoms with Crippen molar-refractivity contribution in [3.63, 3.8) is 0 Å². The van der Waals surface area contributed by atoms with E-state index in [0.29, 0.717) is 21.8 Å². The van der Waals surface area contributed by atoms with Gasteiger partial charge >= 0.3 is 0 Å². The van der Waals surface area contributed by atoms with E-state index in [2.05, 4.69) is 16.2 Å². The molecule has 1 fully saturated rings. The molecule has 6 nitrogen and oxygen atoms in total. The molecule has 3 rings (SSSR count). The SMILES string of the molecule is O=C(NNC(=O)c1cccc(Cl)c1)c1ccc(NC(=O)C2CCCCC2)cc1. The van der Waals surface area contributed by atoms with E-state index in [1.807, 2.05) is 0 Å². The average molecular weight is 400 g/mol. The van der Waals surface area contributed by atoms with Gasteiger partial charge in [-0.25, -0.2) is 0 Å². The van der Waals surface area contributed by atoms with Crippen molar-refractivity contribution in [1.82, 2.24) is 10.9 Å². The molecule has 0 atom stereocenters. The van der Waals surface area contributed by atoms with Crippen LogP contribution in [0.5, 0.6) is 0 Å². The van der Waals surface area contributed by atoms with Crippen molar-refractivity contribution < 1.29 is 14.4 Å². The number of carbonyl (C=O) groups excluding carboxylic acids is 3. The summed E-state index contributed by atoms with van der Waals surface area (Å²) in [4.78, 5) is 36.5. The van der Waals surface area contributed by atoms with Crippen LogP contribution in [-0.4, -0.2) is 17.7 Å². The molecule has 0 saturated heterocycles. The van der Waals surface area contributed by atoms with E-state index >= 15 is 0 Å². The van der Waals surface area contributed by atoms with Gasteiger partial charge in [0.15, 0.2) is 0 Å². The molecule has 0 aromatic heterocycles. The van der Waals surface area contributed by atoms with Gasteiger partial charge < -0.3 is 5.32 Å². The van der Waals surface area contributed by atoms with Gasteiger partial charge in [-0.1, -0.05) is 36.9 Å². The standard InChI is InChI=1S/C21H22ClN3O3/c22-17-8-4-7-16(13-17)21(28)25-24-20(27)15-9-11-18(12-10-15)23-19(26)14-5-2-1-3-6-14/h4,7-14H,1-3,5-6H2,(H,23,26)(H,24,27)(H,25,28). The minimum atomic E-state index is -0.466. The van der Waals surface area contributed by atoms with Crippen molar-refractivity contribution in [2.24, 2.45) is 5.92 Å². The third-order valence-corrected chi connectivity index (χ3v) is 5.00. The normalized spacial score (nSPS) is 14.2. The van der Waals surface area contributed by atoms with Crippen LogP contribution >= 0.6 is 11.6 Å². The minimum Gasteiger partial charge on any atom is -0.326 e. The number of hydrogen-bond acceptors (Lipinski definition) is 3. The van der Waals surface area contributed by atoms with E-state index in [-0.39, 0.29) is 11.8 Å². The number of anilines is 1. The van der Waals surface area contributed by atoms with Crippen LogP contribution in [-0.2, 0) is 4.79 Å². The van der Waals surface area contributed by atoms with Crippen molar-refractivity contribution in [2.75, 3.05) is 5.32 Å². The van der Waals surface area contributed by atoms with E-state index < -0.39 is 11.8 Å². The molecule has 3 N–H and O–H groups in total. The fourth-order valence-electron chi connectivity index (χ4n) is 3.20. The van der Waals surface area contributed by atoms with Gasteiger partial charge in [0, 0.05) is 27.8 Å². The maximum Gasteiger partial charge on any atom is 0.269 e. The van der Waals surface area contributed by atoms with Crippen LogP contribution in [0.3, 0.4) is 0 Å². The quantitative estimate of drug-likeness (QED) is 0.680. The van der Waals surface area contributed by atoms with Crippen LogP contribution < -0.4 is 16.2 Å². The Morgan fingerprint density at radius 1 is 0.821 bits per heavy atom. The predicted molar refractivity (Wildman–Crippen MR) is 108 cm³/mol. The Balaban J connectivity index is 1.51. The number of nitrogens with one attached hydrogen (secondary N) is 3. The maximum absolute atomic E-state index is 12.3. The molecule has 0 radical (unpaired) electrons. The molecular weight excluding hydrogens is 378 g/mol. The molecule has 0 aliphatic heterocycles. The molecule has 0 heterocycles.